The Morgan fingerprint density at radius 3 is 0.889 bits per heavy atom. The molecule has 0 amide bonds. The Morgan fingerprint density at radius 2 is 0.689 bits per heavy atom. The molecule has 0 bridgehead atoms. The lowest BCUT2D eigenvalue weighted by Crippen LogP contribution is -2.18. The van der Waals surface area contributed by atoms with E-state index in [0.29, 0.717) is 23.7 Å². The normalized spacial score (nSPS) is 20.9. The highest BCUT2D eigenvalue weighted by Crippen LogP contribution is 2.64. The summed E-state index contributed by atoms with van der Waals surface area (Å²) in [5, 5.41) is 0. The van der Waals surface area contributed by atoms with Crippen molar-refractivity contribution in [2.45, 2.75) is 159 Å². The number of hydrogen-bond donors (Lipinski definition) is 1. The quantitative estimate of drug-likeness (QED) is 0.0848. The first-order valence-corrected chi connectivity index (χ1v) is 25.2. The summed E-state index contributed by atoms with van der Waals surface area (Å²) in [5.41, 5.74) is 0. The van der Waals surface area contributed by atoms with Gasteiger partial charge in [0.15, 0.2) is 0 Å². The third-order valence-electron chi connectivity index (χ3n) is 6.01. The van der Waals surface area contributed by atoms with Crippen LogP contribution in [0.2, 0.25) is 0 Å². The molecule has 0 spiro atoms. The Labute approximate surface area is 289 Å². The molecular formula is C30H65O9P3S3. The Kier molecular flexibility index (Phi) is 23.1. The number of rotatable bonds is 26. The van der Waals surface area contributed by atoms with Crippen LogP contribution in [0.1, 0.15) is 123 Å². The Balaban J connectivity index is 5.33. The molecule has 272 valence electrons. The van der Waals surface area contributed by atoms with Crippen molar-refractivity contribution >= 4 is 54.9 Å². The van der Waals surface area contributed by atoms with E-state index in [4.69, 9.17) is 38.9 Å². The SMILES string of the molecule is CC(C)CC(C)OP(=O)(OC(C)CC(C)C)SCC(C)OP(O)(=S)OC(C)CSP(=O)(OC(C)CC(C)C)OC(C)CC(C)C. The van der Waals surface area contributed by atoms with Crippen molar-refractivity contribution < 1.29 is 41.2 Å². The Bertz CT molecular complexity index is 841. The van der Waals surface area contributed by atoms with Crippen LogP contribution in [0.3, 0.4) is 0 Å². The maximum absolute atomic E-state index is 13.8. The summed E-state index contributed by atoms with van der Waals surface area (Å²) in [6, 6.07) is 0. The maximum atomic E-state index is 13.8. The summed E-state index contributed by atoms with van der Waals surface area (Å²) in [6.45, 7) is 17.0. The predicted molar refractivity (Wildman–Crippen MR) is 198 cm³/mol. The zero-order valence-electron chi connectivity index (χ0n) is 30.3. The lowest BCUT2D eigenvalue weighted by molar-refractivity contribution is 0.118. The summed E-state index contributed by atoms with van der Waals surface area (Å²) in [5.74, 6) is 1.94. The molecule has 0 saturated carbocycles. The van der Waals surface area contributed by atoms with Crippen molar-refractivity contribution in [2.75, 3.05) is 11.5 Å². The van der Waals surface area contributed by atoms with Crippen LogP contribution < -0.4 is 0 Å². The number of hydrogen-bond acceptors (Lipinski definition) is 11. The topological polar surface area (TPSA) is 110 Å². The monoisotopic (exact) mass is 758 g/mol. The van der Waals surface area contributed by atoms with Crippen LogP contribution in [0.5, 0.6) is 0 Å². The van der Waals surface area contributed by atoms with Crippen LogP contribution in [0, 0.1) is 23.7 Å². The average Bonchev–Trinajstić information content (AvgIpc) is 2.78. The van der Waals surface area contributed by atoms with E-state index in [9.17, 15) is 14.0 Å². The first-order valence-electron chi connectivity index (χ1n) is 16.4. The molecule has 6 atom stereocenters. The van der Waals surface area contributed by atoms with E-state index in [2.05, 4.69) is 55.4 Å². The minimum atomic E-state index is -3.69. The molecule has 0 saturated heterocycles. The highest BCUT2D eigenvalue weighted by atomic mass is 32.7. The highest BCUT2D eigenvalue weighted by Gasteiger charge is 2.35. The lowest BCUT2D eigenvalue weighted by Gasteiger charge is -2.28. The second kappa shape index (κ2) is 22.4. The molecule has 1 N–H and O–H groups in total. The molecule has 6 unspecified atom stereocenters. The molecular weight excluding hydrogens is 693 g/mol. The second-order valence-electron chi connectivity index (χ2n) is 14.0. The third-order valence-corrected chi connectivity index (χ3v) is 15.9. The molecule has 9 nitrogen and oxygen atoms in total. The van der Waals surface area contributed by atoms with Gasteiger partial charge < -0.3 is 13.9 Å². The van der Waals surface area contributed by atoms with E-state index in [1.54, 1.807) is 13.8 Å². The van der Waals surface area contributed by atoms with Crippen LogP contribution >= 0.6 is 43.1 Å². The average molecular weight is 759 g/mol. The van der Waals surface area contributed by atoms with Gasteiger partial charge >= 0.3 is 20.3 Å². The summed E-state index contributed by atoms with van der Waals surface area (Å²) in [4.78, 5) is 10.9. The van der Waals surface area contributed by atoms with Gasteiger partial charge in [0.05, 0.1) is 36.6 Å². The fourth-order valence-corrected chi connectivity index (χ4v) is 15.2. The second-order valence-corrected chi connectivity index (χ2v) is 24.8. The third kappa shape index (κ3) is 24.3. The lowest BCUT2D eigenvalue weighted by atomic mass is 10.1. The van der Waals surface area contributed by atoms with Crippen molar-refractivity contribution in [3.8, 4) is 0 Å². The van der Waals surface area contributed by atoms with E-state index in [0.717, 1.165) is 48.4 Å². The van der Waals surface area contributed by atoms with E-state index in [-0.39, 0.29) is 35.9 Å². The van der Waals surface area contributed by atoms with Gasteiger partial charge in [-0.25, -0.2) is 9.13 Å². The molecule has 0 aromatic carbocycles. The first kappa shape index (κ1) is 46.5. The van der Waals surface area contributed by atoms with Gasteiger partial charge in [0.25, 0.3) is 0 Å². The molecule has 0 aliphatic heterocycles. The molecule has 0 aromatic heterocycles. The Morgan fingerprint density at radius 1 is 0.467 bits per heavy atom. The van der Waals surface area contributed by atoms with Crippen molar-refractivity contribution in [3.05, 3.63) is 0 Å². The smallest absolute Gasteiger partial charge is 0.324 e. The zero-order chi connectivity index (χ0) is 35.2. The molecule has 0 aliphatic rings. The van der Waals surface area contributed by atoms with Gasteiger partial charge in [0, 0.05) is 11.5 Å². The molecule has 0 radical (unpaired) electrons. The van der Waals surface area contributed by atoms with E-state index in [1.165, 1.54) is 0 Å². The van der Waals surface area contributed by atoms with Gasteiger partial charge in [0.2, 0.25) is 0 Å². The Hall–Kier alpha value is 1.53. The van der Waals surface area contributed by atoms with Gasteiger partial charge in [-0.15, -0.1) is 0 Å². The fraction of sp³-hybridized carbons (Fsp3) is 1.00. The van der Waals surface area contributed by atoms with Crippen LogP contribution in [0.4, 0.5) is 0 Å². The minimum Gasteiger partial charge on any atom is -0.324 e. The van der Waals surface area contributed by atoms with Crippen LogP contribution in [-0.2, 0) is 48.1 Å². The summed E-state index contributed by atoms with van der Waals surface area (Å²) < 4.78 is 63.0. The molecule has 0 heterocycles. The van der Waals surface area contributed by atoms with E-state index in [1.807, 2.05) is 27.7 Å². The van der Waals surface area contributed by atoms with Crippen molar-refractivity contribution in [1.82, 2.24) is 0 Å². The van der Waals surface area contributed by atoms with Crippen molar-refractivity contribution in [3.63, 3.8) is 0 Å². The van der Waals surface area contributed by atoms with Gasteiger partial charge in [-0.05, 0) is 125 Å². The van der Waals surface area contributed by atoms with Gasteiger partial charge in [-0.2, -0.15) is 0 Å². The standard InChI is InChI=1S/C30H65O9P3S3/c1-21(2)15-25(9)36-41(32,37-26(10)16-22(3)4)44-19-29(13)34-40(31,43)35-30(14)20-45-42(33,38-27(11)17-23(5)6)39-28(12)18-24(7)8/h21-30H,15-20H2,1-14H3,(H,31,43). The minimum absolute atomic E-state index is 0.212. The highest BCUT2D eigenvalue weighted by molar-refractivity contribution is 8.55. The molecule has 0 aliphatic carbocycles. The van der Waals surface area contributed by atoms with Crippen LogP contribution in [-0.4, -0.2) is 53.0 Å². The van der Waals surface area contributed by atoms with Crippen LogP contribution in [0.15, 0.2) is 0 Å². The largest absolute Gasteiger partial charge is 0.389 e. The van der Waals surface area contributed by atoms with Gasteiger partial charge in [0.1, 0.15) is 0 Å². The summed E-state index contributed by atoms with van der Waals surface area (Å²) >= 11 is 7.43. The molecule has 45 heavy (non-hydrogen) atoms. The van der Waals surface area contributed by atoms with Crippen molar-refractivity contribution in [1.29, 1.82) is 0 Å². The first-order chi connectivity index (χ1) is 20.4. The predicted octanol–water partition coefficient (Wildman–Crippen LogP) is 11.5. The van der Waals surface area contributed by atoms with E-state index >= 15 is 0 Å². The van der Waals surface area contributed by atoms with Gasteiger partial charge in [-0.3, -0.25) is 18.1 Å². The molecule has 0 rings (SSSR count). The zero-order valence-corrected chi connectivity index (χ0v) is 35.4. The van der Waals surface area contributed by atoms with Gasteiger partial charge in [-0.1, -0.05) is 55.4 Å². The summed E-state index contributed by atoms with van der Waals surface area (Å²) in [7, 11) is 0. The summed E-state index contributed by atoms with van der Waals surface area (Å²) in [6.07, 6.45) is 0.793. The molecule has 0 fully saturated rings. The molecule has 0 aromatic rings. The van der Waals surface area contributed by atoms with Crippen molar-refractivity contribution in [2.24, 2.45) is 23.7 Å². The fourth-order valence-electron chi connectivity index (χ4n) is 4.81. The maximum Gasteiger partial charge on any atom is 0.389 e. The molecule has 15 heteroatoms. The van der Waals surface area contributed by atoms with E-state index < -0.39 is 32.5 Å². The van der Waals surface area contributed by atoms with Crippen LogP contribution in [0.25, 0.3) is 0 Å².